The van der Waals surface area contributed by atoms with E-state index < -0.39 is 0 Å². The summed E-state index contributed by atoms with van der Waals surface area (Å²) in [4.78, 5) is 0. The number of aryl methyl sites for hydroxylation is 1. The highest BCUT2D eigenvalue weighted by Crippen LogP contribution is 2.33. The Hall–Kier alpha value is -2.20. The average molecular weight is 315 g/mol. The van der Waals surface area contributed by atoms with Crippen LogP contribution in [0, 0.1) is 5.92 Å². The second-order valence-electron chi connectivity index (χ2n) is 6.35. The van der Waals surface area contributed by atoms with E-state index in [0.717, 1.165) is 16.7 Å². The van der Waals surface area contributed by atoms with Crippen molar-refractivity contribution >= 4 is 0 Å². The lowest BCUT2D eigenvalue weighted by Gasteiger charge is -2.19. The fraction of sp³-hybridized carbons (Fsp3) is 0.368. The van der Waals surface area contributed by atoms with Crippen LogP contribution in [0.15, 0.2) is 36.4 Å². The van der Waals surface area contributed by atoms with Gasteiger partial charge in [-0.2, -0.15) is 0 Å². The van der Waals surface area contributed by atoms with Crippen LogP contribution >= 0.6 is 0 Å². The Morgan fingerprint density at radius 1 is 1.00 bits per heavy atom. The van der Waals surface area contributed by atoms with Crippen molar-refractivity contribution in [2.45, 2.75) is 39.2 Å². The second kappa shape index (κ2) is 7.38. The normalized spacial score (nSPS) is 12.5. The van der Waals surface area contributed by atoms with E-state index >= 15 is 0 Å². The van der Waals surface area contributed by atoms with Gasteiger partial charge in [-0.05, 0) is 54.5 Å². The van der Waals surface area contributed by atoms with Gasteiger partial charge in [-0.1, -0.05) is 32.0 Å². The van der Waals surface area contributed by atoms with Gasteiger partial charge in [0, 0.05) is 11.6 Å². The molecule has 1 atom stereocenters. The molecule has 0 fully saturated rings. The minimum Gasteiger partial charge on any atom is -0.508 e. The molecule has 0 aliphatic rings. The maximum atomic E-state index is 10.2. The molecular formula is C19H25NO3. The lowest BCUT2D eigenvalue weighted by Crippen LogP contribution is -2.29. The molecule has 0 aliphatic carbocycles. The summed E-state index contributed by atoms with van der Waals surface area (Å²) in [5, 5.41) is 29.5. The summed E-state index contributed by atoms with van der Waals surface area (Å²) in [7, 11) is 0. The summed E-state index contributed by atoms with van der Waals surface area (Å²) < 4.78 is 0. The lowest BCUT2D eigenvalue weighted by molar-refractivity contribution is 0.397. The second-order valence-corrected chi connectivity index (χ2v) is 6.35. The van der Waals surface area contributed by atoms with Crippen LogP contribution in [0.25, 0.3) is 0 Å². The van der Waals surface area contributed by atoms with Gasteiger partial charge in [0.2, 0.25) is 0 Å². The van der Waals surface area contributed by atoms with E-state index in [0.29, 0.717) is 25.2 Å². The van der Waals surface area contributed by atoms with Gasteiger partial charge in [0.15, 0.2) is 11.5 Å². The van der Waals surface area contributed by atoms with Crippen molar-refractivity contribution in [2.24, 2.45) is 11.7 Å². The Balaban J connectivity index is 2.23. The number of phenols is 3. The molecule has 0 radical (unpaired) electrons. The highest BCUT2D eigenvalue weighted by atomic mass is 16.3. The molecule has 2 aromatic rings. The molecule has 0 bridgehead atoms. The van der Waals surface area contributed by atoms with E-state index in [4.69, 9.17) is 5.73 Å². The van der Waals surface area contributed by atoms with Crippen molar-refractivity contribution in [1.82, 2.24) is 0 Å². The Bertz CT molecular complexity index is 668. The van der Waals surface area contributed by atoms with E-state index in [-0.39, 0.29) is 23.3 Å². The molecule has 5 N–H and O–H groups in total. The largest absolute Gasteiger partial charge is 0.508 e. The summed E-state index contributed by atoms with van der Waals surface area (Å²) in [5.74, 6) is 0.380. The fourth-order valence-electron chi connectivity index (χ4n) is 2.61. The van der Waals surface area contributed by atoms with Crippen LogP contribution in [-0.2, 0) is 19.3 Å². The molecule has 0 heterocycles. The van der Waals surface area contributed by atoms with Gasteiger partial charge in [0.25, 0.3) is 0 Å². The van der Waals surface area contributed by atoms with Crippen LogP contribution in [0.5, 0.6) is 17.2 Å². The van der Waals surface area contributed by atoms with Crippen LogP contribution in [0.2, 0.25) is 0 Å². The number of hydrogen-bond acceptors (Lipinski definition) is 4. The predicted molar refractivity (Wildman–Crippen MR) is 91.8 cm³/mol. The predicted octanol–water partition coefficient (Wildman–Crippen LogP) is 3.11. The molecule has 0 amide bonds. The van der Waals surface area contributed by atoms with Crippen molar-refractivity contribution in [1.29, 1.82) is 0 Å². The average Bonchev–Trinajstić information content (AvgIpc) is 2.50. The summed E-state index contributed by atoms with van der Waals surface area (Å²) >= 11 is 0. The first-order chi connectivity index (χ1) is 10.9. The first-order valence-corrected chi connectivity index (χ1v) is 7.94. The highest BCUT2D eigenvalue weighted by molar-refractivity contribution is 5.49. The van der Waals surface area contributed by atoms with Gasteiger partial charge >= 0.3 is 0 Å². The topological polar surface area (TPSA) is 86.7 Å². The lowest BCUT2D eigenvalue weighted by atomic mass is 9.91. The Labute approximate surface area is 137 Å². The summed E-state index contributed by atoms with van der Waals surface area (Å²) in [5.41, 5.74) is 8.82. The third-order valence-corrected chi connectivity index (χ3v) is 4.24. The molecule has 2 aromatic carbocycles. The molecule has 0 spiro atoms. The van der Waals surface area contributed by atoms with Crippen molar-refractivity contribution in [2.75, 3.05) is 0 Å². The standard InChI is InChI=1S/C19H25NO3/c1-12(2)17(20)11-14-7-9-18(22)19(23)16(14)8-6-13-4-3-5-15(21)10-13/h3-5,7,9-10,12,17,21-23H,6,8,11,20H2,1-2H3. The van der Waals surface area contributed by atoms with Crippen LogP contribution in [0.4, 0.5) is 0 Å². The summed E-state index contributed by atoms with van der Waals surface area (Å²) in [6.07, 6.45) is 1.89. The van der Waals surface area contributed by atoms with Gasteiger partial charge in [-0.3, -0.25) is 0 Å². The van der Waals surface area contributed by atoms with E-state index in [1.165, 1.54) is 6.07 Å². The van der Waals surface area contributed by atoms with Crippen molar-refractivity contribution in [3.8, 4) is 17.2 Å². The molecule has 4 nitrogen and oxygen atoms in total. The van der Waals surface area contributed by atoms with Gasteiger partial charge in [-0.15, -0.1) is 0 Å². The maximum absolute atomic E-state index is 10.2. The number of hydrogen-bond donors (Lipinski definition) is 4. The molecule has 1 unspecified atom stereocenters. The Morgan fingerprint density at radius 2 is 1.74 bits per heavy atom. The van der Waals surface area contributed by atoms with Gasteiger partial charge < -0.3 is 21.1 Å². The quantitative estimate of drug-likeness (QED) is 0.617. The van der Waals surface area contributed by atoms with Crippen LogP contribution < -0.4 is 5.73 Å². The monoisotopic (exact) mass is 315 g/mol. The van der Waals surface area contributed by atoms with Crippen molar-refractivity contribution in [3.05, 3.63) is 53.1 Å². The number of aromatic hydroxyl groups is 3. The zero-order chi connectivity index (χ0) is 17.0. The summed E-state index contributed by atoms with van der Waals surface area (Å²) in [6.45, 7) is 4.13. The van der Waals surface area contributed by atoms with Crippen molar-refractivity contribution < 1.29 is 15.3 Å². The van der Waals surface area contributed by atoms with Crippen LogP contribution in [-0.4, -0.2) is 21.4 Å². The molecular weight excluding hydrogens is 290 g/mol. The molecule has 0 saturated carbocycles. The van der Waals surface area contributed by atoms with E-state index in [2.05, 4.69) is 13.8 Å². The molecule has 124 valence electrons. The van der Waals surface area contributed by atoms with E-state index in [1.54, 1.807) is 18.2 Å². The van der Waals surface area contributed by atoms with Crippen LogP contribution in [0.3, 0.4) is 0 Å². The fourth-order valence-corrected chi connectivity index (χ4v) is 2.61. The van der Waals surface area contributed by atoms with E-state index in [1.807, 2.05) is 12.1 Å². The van der Waals surface area contributed by atoms with Gasteiger partial charge in [0.05, 0.1) is 0 Å². The Morgan fingerprint density at radius 3 is 2.39 bits per heavy atom. The number of rotatable bonds is 6. The third kappa shape index (κ3) is 4.39. The number of nitrogens with two attached hydrogens (primary N) is 1. The maximum Gasteiger partial charge on any atom is 0.160 e. The van der Waals surface area contributed by atoms with Gasteiger partial charge in [-0.25, -0.2) is 0 Å². The van der Waals surface area contributed by atoms with Gasteiger partial charge in [0.1, 0.15) is 5.75 Å². The van der Waals surface area contributed by atoms with E-state index in [9.17, 15) is 15.3 Å². The molecule has 23 heavy (non-hydrogen) atoms. The molecule has 0 aromatic heterocycles. The molecule has 2 rings (SSSR count). The zero-order valence-electron chi connectivity index (χ0n) is 13.7. The minimum absolute atomic E-state index is 0.00142. The first kappa shape index (κ1) is 17.2. The third-order valence-electron chi connectivity index (χ3n) is 4.24. The van der Waals surface area contributed by atoms with Crippen molar-refractivity contribution in [3.63, 3.8) is 0 Å². The smallest absolute Gasteiger partial charge is 0.160 e. The highest BCUT2D eigenvalue weighted by Gasteiger charge is 2.16. The molecule has 0 aliphatic heterocycles. The first-order valence-electron chi connectivity index (χ1n) is 7.94. The summed E-state index contributed by atoms with van der Waals surface area (Å²) in [6, 6.07) is 10.4. The minimum atomic E-state index is -0.113. The zero-order valence-corrected chi connectivity index (χ0v) is 13.7. The number of benzene rings is 2. The Kier molecular flexibility index (Phi) is 5.50. The van der Waals surface area contributed by atoms with Crippen LogP contribution in [0.1, 0.15) is 30.5 Å². The number of phenolic OH excluding ortho intramolecular Hbond substituents is 3. The SMILES string of the molecule is CC(C)C(N)Cc1ccc(O)c(O)c1CCc1cccc(O)c1. The molecule has 0 saturated heterocycles. The molecule has 4 heteroatoms.